The summed E-state index contributed by atoms with van der Waals surface area (Å²) < 4.78 is 2.01. The molecule has 1 amide bonds. The molecule has 2 aromatic heterocycles. The molecule has 0 atom stereocenters. The minimum Gasteiger partial charge on any atom is -0.347 e. The lowest BCUT2D eigenvalue weighted by Crippen LogP contribution is -2.23. The van der Waals surface area contributed by atoms with E-state index in [1.807, 2.05) is 29.8 Å². The van der Waals surface area contributed by atoms with Crippen LogP contribution in [0.25, 0.3) is 0 Å². The second-order valence-electron chi connectivity index (χ2n) is 5.37. The summed E-state index contributed by atoms with van der Waals surface area (Å²) in [5.74, 6) is -0.163. The van der Waals surface area contributed by atoms with Crippen LogP contribution >= 0.6 is 0 Å². The molecule has 0 unspecified atom stereocenters. The second kappa shape index (κ2) is 6.91. The summed E-state index contributed by atoms with van der Waals surface area (Å²) in [6.07, 6.45) is 6.33. The minimum atomic E-state index is -0.163. The van der Waals surface area contributed by atoms with Gasteiger partial charge in [-0.05, 0) is 23.6 Å². The Morgan fingerprint density at radius 1 is 1.26 bits per heavy atom. The van der Waals surface area contributed by atoms with Crippen LogP contribution in [0.3, 0.4) is 0 Å². The van der Waals surface area contributed by atoms with E-state index >= 15 is 0 Å². The number of aromatic amines is 1. The fourth-order valence-corrected chi connectivity index (χ4v) is 2.29. The zero-order valence-electron chi connectivity index (χ0n) is 13.0. The molecule has 0 spiro atoms. The van der Waals surface area contributed by atoms with Gasteiger partial charge in [-0.3, -0.25) is 9.89 Å². The number of benzene rings is 1. The number of imidazole rings is 1. The Bertz CT molecular complexity index is 759. The van der Waals surface area contributed by atoms with Gasteiger partial charge in [0.05, 0.1) is 6.33 Å². The third-order valence-electron chi connectivity index (χ3n) is 3.64. The molecule has 6 nitrogen and oxygen atoms in total. The predicted molar refractivity (Wildman–Crippen MR) is 86.9 cm³/mol. The van der Waals surface area contributed by atoms with Crippen LogP contribution in [0.5, 0.6) is 0 Å². The van der Waals surface area contributed by atoms with Crippen molar-refractivity contribution in [3.05, 3.63) is 71.6 Å². The first-order valence-electron chi connectivity index (χ1n) is 7.60. The number of hydrogen-bond acceptors (Lipinski definition) is 3. The van der Waals surface area contributed by atoms with Gasteiger partial charge >= 0.3 is 0 Å². The summed E-state index contributed by atoms with van der Waals surface area (Å²) in [5.41, 5.74) is 3.63. The molecule has 0 saturated heterocycles. The van der Waals surface area contributed by atoms with E-state index in [-0.39, 0.29) is 5.91 Å². The van der Waals surface area contributed by atoms with Gasteiger partial charge in [0.1, 0.15) is 5.69 Å². The summed E-state index contributed by atoms with van der Waals surface area (Å²) in [6, 6.07) is 9.95. The third-order valence-corrected chi connectivity index (χ3v) is 3.64. The van der Waals surface area contributed by atoms with Gasteiger partial charge in [0.15, 0.2) is 0 Å². The topological polar surface area (TPSA) is 75.6 Å². The number of H-pyrrole nitrogens is 1. The zero-order chi connectivity index (χ0) is 16.1. The second-order valence-corrected chi connectivity index (χ2v) is 5.37. The van der Waals surface area contributed by atoms with Gasteiger partial charge in [-0.2, -0.15) is 5.10 Å². The lowest BCUT2D eigenvalue weighted by molar-refractivity contribution is 0.0946. The standard InChI is InChI=1S/C17H19N5O/c1-2-15-9-16(21-20-15)17(23)19-10-13-3-5-14(6-4-13)11-22-8-7-18-12-22/h3-9,12H,2,10-11H2,1H3,(H,19,23)(H,20,21). The van der Waals surface area contributed by atoms with Crippen LogP contribution in [0, 0.1) is 0 Å². The number of nitrogens with one attached hydrogen (secondary N) is 2. The number of aryl methyl sites for hydroxylation is 1. The Morgan fingerprint density at radius 3 is 2.70 bits per heavy atom. The van der Waals surface area contributed by atoms with Crippen molar-refractivity contribution >= 4 is 5.91 Å². The van der Waals surface area contributed by atoms with Crippen molar-refractivity contribution in [1.82, 2.24) is 25.1 Å². The zero-order valence-corrected chi connectivity index (χ0v) is 13.0. The van der Waals surface area contributed by atoms with E-state index in [0.29, 0.717) is 12.2 Å². The Labute approximate surface area is 134 Å². The number of carbonyl (C=O) groups excluding carboxylic acids is 1. The molecule has 118 valence electrons. The van der Waals surface area contributed by atoms with E-state index in [2.05, 4.69) is 32.6 Å². The monoisotopic (exact) mass is 309 g/mol. The molecule has 0 aliphatic heterocycles. The first-order chi connectivity index (χ1) is 11.2. The molecular weight excluding hydrogens is 290 g/mol. The van der Waals surface area contributed by atoms with Gasteiger partial charge in [0.25, 0.3) is 5.91 Å². The summed E-state index contributed by atoms with van der Waals surface area (Å²) in [7, 11) is 0. The van der Waals surface area contributed by atoms with Gasteiger partial charge in [-0.1, -0.05) is 31.2 Å². The van der Waals surface area contributed by atoms with Gasteiger partial charge in [-0.25, -0.2) is 4.98 Å². The predicted octanol–water partition coefficient (Wildman–Crippen LogP) is 2.15. The Morgan fingerprint density at radius 2 is 2.04 bits per heavy atom. The Kier molecular flexibility index (Phi) is 4.52. The Hall–Kier alpha value is -2.89. The van der Waals surface area contributed by atoms with Gasteiger partial charge in [0, 0.05) is 31.2 Å². The highest BCUT2D eigenvalue weighted by molar-refractivity contribution is 5.92. The van der Waals surface area contributed by atoms with Crippen molar-refractivity contribution in [2.75, 3.05) is 0 Å². The van der Waals surface area contributed by atoms with E-state index < -0.39 is 0 Å². The summed E-state index contributed by atoms with van der Waals surface area (Å²) >= 11 is 0. The van der Waals surface area contributed by atoms with Crippen molar-refractivity contribution < 1.29 is 4.79 Å². The van der Waals surface area contributed by atoms with Crippen molar-refractivity contribution in [1.29, 1.82) is 0 Å². The SMILES string of the molecule is CCc1cc(C(=O)NCc2ccc(Cn3ccnc3)cc2)n[nH]1. The molecule has 3 aromatic rings. The van der Waals surface area contributed by atoms with E-state index in [9.17, 15) is 4.79 Å². The molecule has 1 aromatic carbocycles. The van der Waals surface area contributed by atoms with Crippen LogP contribution in [-0.2, 0) is 19.5 Å². The summed E-state index contributed by atoms with van der Waals surface area (Å²) in [5, 5.41) is 9.74. The summed E-state index contributed by atoms with van der Waals surface area (Å²) in [4.78, 5) is 16.1. The van der Waals surface area contributed by atoms with Gasteiger partial charge < -0.3 is 9.88 Å². The fourth-order valence-electron chi connectivity index (χ4n) is 2.29. The molecule has 0 fully saturated rings. The van der Waals surface area contributed by atoms with Crippen LogP contribution in [-0.4, -0.2) is 25.7 Å². The number of nitrogens with zero attached hydrogens (tertiary/aromatic N) is 3. The highest BCUT2D eigenvalue weighted by Crippen LogP contribution is 2.07. The molecular formula is C17H19N5O. The molecule has 2 N–H and O–H groups in total. The molecule has 3 rings (SSSR count). The van der Waals surface area contributed by atoms with Crippen LogP contribution in [0.15, 0.2) is 49.1 Å². The number of rotatable bonds is 6. The Balaban J connectivity index is 1.54. The molecule has 0 bridgehead atoms. The minimum absolute atomic E-state index is 0.163. The van der Waals surface area contributed by atoms with Crippen LogP contribution in [0.2, 0.25) is 0 Å². The fraction of sp³-hybridized carbons (Fsp3) is 0.235. The first kappa shape index (κ1) is 15.0. The lowest BCUT2D eigenvalue weighted by Gasteiger charge is -2.06. The smallest absolute Gasteiger partial charge is 0.272 e. The number of amides is 1. The quantitative estimate of drug-likeness (QED) is 0.732. The van der Waals surface area contributed by atoms with Crippen LogP contribution in [0.4, 0.5) is 0 Å². The number of aromatic nitrogens is 4. The molecule has 0 aliphatic rings. The normalized spacial score (nSPS) is 10.7. The summed E-state index contributed by atoms with van der Waals surface area (Å²) in [6.45, 7) is 3.29. The van der Waals surface area contributed by atoms with E-state index in [0.717, 1.165) is 24.2 Å². The van der Waals surface area contributed by atoms with E-state index in [1.165, 1.54) is 5.56 Å². The molecule has 0 radical (unpaired) electrons. The van der Waals surface area contributed by atoms with Gasteiger partial charge in [-0.15, -0.1) is 0 Å². The van der Waals surface area contributed by atoms with E-state index in [1.54, 1.807) is 18.6 Å². The molecule has 0 aliphatic carbocycles. The van der Waals surface area contributed by atoms with Crippen LogP contribution in [0.1, 0.15) is 34.2 Å². The van der Waals surface area contributed by atoms with E-state index in [4.69, 9.17) is 0 Å². The van der Waals surface area contributed by atoms with Gasteiger partial charge in [0.2, 0.25) is 0 Å². The van der Waals surface area contributed by atoms with Crippen molar-refractivity contribution in [2.45, 2.75) is 26.4 Å². The maximum Gasteiger partial charge on any atom is 0.272 e. The lowest BCUT2D eigenvalue weighted by atomic mass is 10.1. The molecule has 2 heterocycles. The maximum atomic E-state index is 12.0. The molecule has 23 heavy (non-hydrogen) atoms. The average molecular weight is 309 g/mol. The molecule has 6 heteroatoms. The first-order valence-corrected chi connectivity index (χ1v) is 7.60. The number of carbonyl (C=O) groups is 1. The highest BCUT2D eigenvalue weighted by Gasteiger charge is 2.09. The molecule has 0 saturated carbocycles. The largest absolute Gasteiger partial charge is 0.347 e. The van der Waals surface area contributed by atoms with Crippen molar-refractivity contribution in [3.63, 3.8) is 0 Å². The highest BCUT2D eigenvalue weighted by atomic mass is 16.1. The van der Waals surface area contributed by atoms with Crippen LogP contribution < -0.4 is 5.32 Å². The maximum absolute atomic E-state index is 12.0. The van der Waals surface area contributed by atoms with Crippen molar-refractivity contribution in [3.8, 4) is 0 Å². The van der Waals surface area contributed by atoms with Crippen molar-refractivity contribution in [2.24, 2.45) is 0 Å². The third kappa shape index (κ3) is 3.85. The number of hydrogen-bond donors (Lipinski definition) is 2. The average Bonchev–Trinajstić information content (AvgIpc) is 3.25.